The highest BCUT2D eigenvalue weighted by Crippen LogP contribution is 2.26. The van der Waals surface area contributed by atoms with E-state index in [1.54, 1.807) is 11.3 Å². The molecule has 2 rings (SSSR count). The Morgan fingerprint density at radius 1 is 1.39 bits per heavy atom. The van der Waals surface area contributed by atoms with Crippen LogP contribution in [0.15, 0.2) is 18.2 Å². The second-order valence-electron chi connectivity index (χ2n) is 4.89. The Balaban J connectivity index is 1.84. The average Bonchev–Trinajstić information content (AvgIpc) is 2.70. The van der Waals surface area contributed by atoms with E-state index in [1.807, 2.05) is 0 Å². The first kappa shape index (κ1) is 13.3. The fraction of sp³-hybridized carbons (Fsp3) is 0.500. The van der Waals surface area contributed by atoms with Gasteiger partial charge in [0.15, 0.2) is 5.13 Å². The summed E-state index contributed by atoms with van der Waals surface area (Å²) in [6.45, 7) is 8.78. The minimum absolute atomic E-state index is 0.593. The Morgan fingerprint density at radius 3 is 3.00 bits per heavy atom. The van der Waals surface area contributed by atoms with Gasteiger partial charge in [-0.2, -0.15) is 0 Å². The Morgan fingerprint density at radius 2 is 2.22 bits per heavy atom. The van der Waals surface area contributed by atoms with Gasteiger partial charge in [0, 0.05) is 13.2 Å². The molecule has 0 atom stereocenters. The number of benzene rings is 1. The maximum Gasteiger partial charge on any atom is 0.183 e. The molecule has 0 bridgehead atoms. The largest absolute Gasteiger partial charge is 0.379 e. The molecule has 0 fully saturated rings. The van der Waals surface area contributed by atoms with Crippen molar-refractivity contribution >= 4 is 26.7 Å². The molecular formula is C14H20N2OS. The van der Waals surface area contributed by atoms with E-state index < -0.39 is 0 Å². The maximum absolute atomic E-state index is 5.52. The van der Waals surface area contributed by atoms with Gasteiger partial charge >= 0.3 is 0 Å². The quantitative estimate of drug-likeness (QED) is 0.808. The molecule has 0 saturated carbocycles. The first-order valence-corrected chi connectivity index (χ1v) is 7.15. The number of ether oxygens (including phenoxy) is 1. The molecule has 18 heavy (non-hydrogen) atoms. The van der Waals surface area contributed by atoms with Crippen molar-refractivity contribution in [1.29, 1.82) is 0 Å². The van der Waals surface area contributed by atoms with Crippen molar-refractivity contribution in [2.45, 2.75) is 20.8 Å². The van der Waals surface area contributed by atoms with E-state index in [2.05, 4.69) is 49.3 Å². The number of thiazole rings is 1. The number of aryl methyl sites for hydroxylation is 1. The van der Waals surface area contributed by atoms with Crippen LogP contribution in [0, 0.1) is 12.8 Å². The predicted molar refractivity (Wildman–Crippen MR) is 78.5 cm³/mol. The van der Waals surface area contributed by atoms with E-state index in [0.717, 1.165) is 30.4 Å². The van der Waals surface area contributed by atoms with Crippen molar-refractivity contribution < 1.29 is 4.74 Å². The van der Waals surface area contributed by atoms with Crippen LogP contribution < -0.4 is 5.32 Å². The van der Waals surface area contributed by atoms with Crippen LogP contribution >= 0.6 is 11.3 Å². The van der Waals surface area contributed by atoms with Crippen molar-refractivity contribution in [3.63, 3.8) is 0 Å². The van der Waals surface area contributed by atoms with Crippen LogP contribution in [-0.4, -0.2) is 24.7 Å². The average molecular weight is 264 g/mol. The van der Waals surface area contributed by atoms with Crippen LogP contribution in [-0.2, 0) is 4.74 Å². The molecule has 0 aliphatic rings. The van der Waals surface area contributed by atoms with E-state index in [9.17, 15) is 0 Å². The monoisotopic (exact) mass is 264 g/mol. The number of hydrogen-bond donors (Lipinski definition) is 1. The number of nitrogens with zero attached hydrogens (tertiary/aromatic N) is 1. The third-order valence-electron chi connectivity index (χ3n) is 2.52. The van der Waals surface area contributed by atoms with Gasteiger partial charge in [0.2, 0.25) is 0 Å². The molecule has 98 valence electrons. The molecule has 2 aromatic rings. The summed E-state index contributed by atoms with van der Waals surface area (Å²) >= 11 is 1.70. The topological polar surface area (TPSA) is 34.2 Å². The Kier molecular flexibility index (Phi) is 4.55. The molecule has 4 heteroatoms. The van der Waals surface area contributed by atoms with Crippen molar-refractivity contribution in [2.75, 3.05) is 25.1 Å². The van der Waals surface area contributed by atoms with Crippen LogP contribution in [0.3, 0.4) is 0 Å². The molecule has 0 aliphatic carbocycles. The first-order valence-electron chi connectivity index (χ1n) is 6.34. The number of rotatable bonds is 6. The number of fused-ring (bicyclic) bond motifs is 1. The third-order valence-corrected chi connectivity index (χ3v) is 3.49. The van der Waals surface area contributed by atoms with Crippen molar-refractivity contribution in [2.24, 2.45) is 5.92 Å². The standard InChI is InChI=1S/C14H20N2OS/c1-10(2)9-17-7-6-15-14-16-12-5-4-11(3)8-13(12)18-14/h4-5,8,10H,6-7,9H2,1-3H3,(H,15,16). The molecule has 3 nitrogen and oxygen atoms in total. The molecule has 0 aliphatic heterocycles. The minimum Gasteiger partial charge on any atom is -0.379 e. The molecule has 1 aromatic heterocycles. The highest BCUT2D eigenvalue weighted by Gasteiger charge is 2.03. The highest BCUT2D eigenvalue weighted by atomic mass is 32.1. The fourth-order valence-corrected chi connectivity index (χ4v) is 2.65. The highest BCUT2D eigenvalue weighted by molar-refractivity contribution is 7.22. The number of aromatic nitrogens is 1. The second kappa shape index (κ2) is 6.16. The van der Waals surface area contributed by atoms with E-state index in [0.29, 0.717) is 5.92 Å². The van der Waals surface area contributed by atoms with Gasteiger partial charge in [0.05, 0.1) is 16.8 Å². The van der Waals surface area contributed by atoms with E-state index >= 15 is 0 Å². The molecule has 1 aromatic carbocycles. The van der Waals surface area contributed by atoms with Crippen LogP contribution in [0.1, 0.15) is 19.4 Å². The summed E-state index contributed by atoms with van der Waals surface area (Å²) in [6.07, 6.45) is 0. The zero-order valence-electron chi connectivity index (χ0n) is 11.2. The summed E-state index contributed by atoms with van der Waals surface area (Å²) in [7, 11) is 0. The minimum atomic E-state index is 0.593. The normalized spacial score (nSPS) is 11.3. The first-order chi connectivity index (χ1) is 8.65. The maximum atomic E-state index is 5.52. The van der Waals surface area contributed by atoms with Crippen LogP contribution in [0.2, 0.25) is 0 Å². The Hall–Kier alpha value is -1.13. The summed E-state index contributed by atoms with van der Waals surface area (Å²) in [4.78, 5) is 4.54. The number of nitrogens with one attached hydrogen (secondary N) is 1. The summed E-state index contributed by atoms with van der Waals surface area (Å²) in [5.74, 6) is 0.593. The summed E-state index contributed by atoms with van der Waals surface area (Å²) in [5.41, 5.74) is 2.34. The number of hydrogen-bond acceptors (Lipinski definition) is 4. The van der Waals surface area contributed by atoms with Gasteiger partial charge in [-0.25, -0.2) is 4.98 Å². The molecule has 1 N–H and O–H groups in total. The molecule has 0 saturated heterocycles. The lowest BCUT2D eigenvalue weighted by Gasteiger charge is -2.06. The van der Waals surface area contributed by atoms with Gasteiger partial charge in [-0.1, -0.05) is 31.3 Å². The lowest BCUT2D eigenvalue weighted by molar-refractivity contribution is 0.118. The zero-order chi connectivity index (χ0) is 13.0. The Bertz CT molecular complexity index is 507. The smallest absolute Gasteiger partial charge is 0.183 e. The van der Waals surface area contributed by atoms with Crippen LogP contribution in [0.4, 0.5) is 5.13 Å². The third kappa shape index (κ3) is 3.68. The molecular weight excluding hydrogens is 244 g/mol. The molecule has 1 heterocycles. The Labute approximate surface area is 112 Å². The lowest BCUT2D eigenvalue weighted by atomic mass is 10.2. The fourth-order valence-electron chi connectivity index (χ4n) is 1.66. The summed E-state index contributed by atoms with van der Waals surface area (Å²) in [6, 6.07) is 6.34. The predicted octanol–water partition coefficient (Wildman–Crippen LogP) is 3.69. The molecule has 0 amide bonds. The van der Waals surface area contributed by atoms with Gasteiger partial charge in [0.1, 0.15) is 0 Å². The number of anilines is 1. The molecule has 0 unspecified atom stereocenters. The lowest BCUT2D eigenvalue weighted by Crippen LogP contribution is -2.11. The van der Waals surface area contributed by atoms with Crippen LogP contribution in [0.5, 0.6) is 0 Å². The van der Waals surface area contributed by atoms with E-state index in [4.69, 9.17) is 4.74 Å². The van der Waals surface area contributed by atoms with Gasteiger partial charge in [-0.3, -0.25) is 0 Å². The van der Waals surface area contributed by atoms with Gasteiger partial charge in [-0.15, -0.1) is 0 Å². The van der Waals surface area contributed by atoms with Gasteiger partial charge < -0.3 is 10.1 Å². The van der Waals surface area contributed by atoms with Gasteiger partial charge in [-0.05, 0) is 30.5 Å². The zero-order valence-corrected chi connectivity index (χ0v) is 12.0. The molecule has 0 spiro atoms. The summed E-state index contributed by atoms with van der Waals surface area (Å²) < 4.78 is 6.76. The summed E-state index contributed by atoms with van der Waals surface area (Å²) in [5, 5.41) is 4.29. The SMILES string of the molecule is Cc1ccc2nc(NCCOCC(C)C)sc2c1. The van der Waals surface area contributed by atoms with Crippen LogP contribution in [0.25, 0.3) is 10.2 Å². The van der Waals surface area contributed by atoms with Crippen molar-refractivity contribution in [3.8, 4) is 0 Å². The molecule has 0 radical (unpaired) electrons. The second-order valence-corrected chi connectivity index (χ2v) is 5.92. The van der Waals surface area contributed by atoms with Crippen molar-refractivity contribution in [1.82, 2.24) is 4.98 Å². The van der Waals surface area contributed by atoms with Crippen molar-refractivity contribution in [3.05, 3.63) is 23.8 Å². The van der Waals surface area contributed by atoms with E-state index in [1.165, 1.54) is 10.3 Å². The van der Waals surface area contributed by atoms with Gasteiger partial charge in [0.25, 0.3) is 0 Å². The van der Waals surface area contributed by atoms with E-state index in [-0.39, 0.29) is 0 Å².